The Balaban J connectivity index is 1.39. The number of ether oxygens (including phenoxy) is 1. The van der Waals surface area contributed by atoms with Crippen molar-refractivity contribution in [1.29, 1.82) is 0 Å². The summed E-state index contributed by atoms with van der Waals surface area (Å²) in [6.07, 6.45) is 5.01. The van der Waals surface area contributed by atoms with Crippen LogP contribution in [0.4, 0.5) is 4.79 Å². The van der Waals surface area contributed by atoms with Gasteiger partial charge in [-0.2, -0.15) is 0 Å². The summed E-state index contributed by atoms with van der Waals surface area (Å²) in [6, 6.07) is 12.1. The van der Waals surface area contributed by atoms with Gasteiger partial charge in [-0.3, -0.25) is 19.9 Å². The van der Waals surface area contributed by atoms with Crippen LogP contribution in [0.3, 0.4) is 0 Å². The Kier molecular flexibility index (Phi) is 4.96. The van der Waals surface area contributed by atoms with Gasteiger partial charge in [0.1, 0.15) is 17.0 Å². The first-order valence-electron chi connectivity index (χ1n) is 11.3. The van der Waals surface area contributed by atoms with E-state index in [1.165, 1.54) is 0 Å². The van der Waals surface area contributed by atoms with Crippen LogP contribution in [-0.2, 0) is 16.9 Å². The van der Waals surface area contributed by atoms with Crippen LogP contribution in [0.25, 0.3) is 22.2 Å². The minimum absolute atomic E-state index is 0.0390. The van der Waals surface area contributed by atoms with E-state index in [4.69, 9.17) is 9.15 Å². The van der Waals surface area contributed by atoms with Gasteiger partial charge in [0, 0.05) is 47.2 Å². The molecule has 2 aliphatic rings. The van der Waals surface area contributed by atoms with Crippen molar-refractivity contribution in [3.05, 3.63) is 77.9 Å². The number of nitrogens with zero attached hydrogens (tertiary/aromatic N) is 3. The van der Waals surface area contributed by atoms with Gasteiger partial charge in [0.25, 0.3) is 5.91 Å². The summed E-state index contributed by atoms with van der Waals surface area (Å²) in [7, 11) is 1.54. The zero-order valence-electron chi connectivity index (χ0n) is 19.3. The second-order valence-electron chi connectivity index (χ2n) is 8.92. The summed E-state index contributed by atoms with van der Waals surface area (Å²) in [5.74, 6) is 0.250. The van der Waals surface area contributed by atoms with Crippen LogP contribution >= 0.6 is 0 Å². The van der Waals surface area contributed by atoms with Crippen molar-refractivity contribution in [2.24, 2.45) is 0 Å². The maximum atomic E-state index is 13.3. The first kappa shape index (κ1) is 21.8. The van der Waals surface area contributed by atoms with Crippen molar-refractivity contribution in [2.45, 2.75) is 18.5 Å². The van der Waals surface area contributed by atoms with Crippen LogP contribution in [0.2, 0.25) is 0 Å². The second kappa shape index (κ2) is 8.19. The number of rotatable bonds is 5. The van der Waals surface area contributed by atoms with Gasteiger partial charge in [0.2, 0.25) is 11.6 Å². The Bertz CT molecular complexity index is 1510. The first-order valence-corrected chi connectivity index (χ1v) is 11.3. The monoisotopic (exact) mass is 483 g/mol. The topological polar surface area (TPSA) is 127 Å². The molecule has 2 N–H and O–H groups in total. The molecule has 10 nitrogen and oxygen atoms in total. The molecule has 5 heterocycles. The maximum absolute atomic E-state index is 13.3. The fourth-order valence-corrected chi connectivity index (χ4v) is 4.84. The molecule has 0 saturated carbocycles. The van der Waals surface area contributed by atoms with Crippen LogP contribution in [0.5, 0.6) is 5.75 Å². The van der Waals surface area contributed by atoms with Gasteiger partial charge in [0.15, 0.2) is 0 Å². The SMILES string of the molecule is COc1ccc2c(c1)C(=O)N(C[C@]1(c3cc4cc(-c5cccnc5)cnc4o3)CC(=O)NC(=O)N1)C2. The average molecular weight is 483 g/mol. The van der Waals surface area contributed by atoms with Crippen molar-refractivity contribution in [3.8, 4) is 16.9 Å². The Morgan fingerprint density at radius 2 is 2.00 bits per heavy atom. The highest BCUT2D eigenvalue weighted by atomic mass is 16.5. The van der Waals surface area contributed by atoms with Crippen molar-refractivity contribution in [3.63, 3.8) is 0 Å². The predicted molar refractivity (Wildman–Crippen MR) is 128 cm³/mol. The molecule has 180 valence electrons. The molecule has 6 rings (SSSR count). The standard InChI is InChI=1S/C26H21N5O5/c1-35-19-5-4-16-13-31(24(33)20(16)9-19)14-26(10-22(32)29-25(34)30-26)21-8-17-7-18(12-28-23(17)36-21)15-3-2-6-27-11-15/h2-9,11-12H,10,13-14H2,1H3,(H2,29,30,32,34)/t26-/m0/s1. The van der Waals surface area contributed by atoms with Gasteiger partial charge in [0.05, 0.1) is 20.1 Å². The summed E-state index contributed by atoms with van der Waals surface area (Å²) in [5.41, 5.74) is 2.21. The number of aromatic nitrogens is 2. The van der Waals surface area contributed by atoms with Crippen molar-refractivity contribution in [2.75, 3.05) is 13.7 Å². The van der Waals surface area contributed by atoms with E-state index in [0.717, 1.165) is 16.7 Å². The quantitative estimate of drug-likeness (QED) is 0.447. The number of carbonyl (C=O) groups is 3. The fourth-order valence-electron chi connectivity index (χ4n) is 4.84. The van der Waals surface area contributed by atoms with Crippen LogP contribution in [0.1, 0.15) is 28.1 Å². The molecule has 0 unspecified atom stereocenters. The first-order chi connectivity index (χ1) is 17.4. The van der Waals surface area contributed by atoms with E-state index in [1.807, 2.05) is 24.3 Å². The zero-order valence-corrected chi connectivity index (χ0v) is 19.3. The van der Waals surface area contributed by atoms with Crippen molar-refractivity contribution in [1.82, 2.24) is 25.5 Å². The number of benzene rings is 1. The highest BCUT2D eigenvalue weighted by Gasteiger charge is 2.47. The Morgan fingerprint density at radius 3 is 2.78 bits per heavy atom. The lowest BCUT2D eigenvalue weighted by atomic mass is 9.89. The lowest BCUT2D eigenvalue weighted by Crippen LogP contribution is -2.62. The Labute approximate surface area is 205 Å². The molecule has 0 spiro atoms. The van der Waals surface area contributed by atoms with Gasteiger partial charge in [-0.1, -0.05) is 12.1 Å². The van der Waals surface area contributed by atoms with Crippen LogP contribution in [0, 0.1) is 0 Å². The van der Waals surface area contributed by atoms with Crippen molar-refractivity contribution < 1.29 is 23.5 Å². The third-order valence-corrected chi connectivity index (χ3v) is 6.56. The highest BCUT2D eigenvalue weighted by Crippen LogP contribution is 2.36. The number of nitrogens with one attached hydrogen (secondary N) is 2. The number of urea groups is 1. The van der Waals surface area contributed by atoms with Gasteiger partial charge in [-0.05, 0) is 35.9 Å². The van der Waals surface area contributed by atoms with Gasteiger partial charge >= 0.3 is 6.03 Å². The molecule has 0 bridgehead atoms. The molecule has 36 heavy (non-hydrogen) atoms. The fraction of sp³-hybridized carbons (Fsp3) is 0.192. The van der Waals surface area contributed by atoms with E-state index in [0.29, 0.717) is 34.7 Å². The van der Waals surface area contributed by atoms with E-state index < -0.39 is 17.5 Å². The summed E-state index contributed by atoms with van der Waals surface area (Å²) in [5, 5.41) is 5.82. The molecular weight excluding hydrogens is 462 g/mol. The van der Waals surface area contributed by atoms with Gasteiger partial charge in [-0.15, -0.1) is 0 Å². The van der Waals surface area contributed by atoms with Crippen molar-refractivity contribution >= 4 is 28.9 Å². The Hall–Kier alpha value is -4.73. The second-order valence-corrected chi connectivity index (χ2v) is 8.92. The summed E-state index contributed by atoms with van der Waals surface area (Å²) in [6.45, 7) is 0.373. The number of furan rings is 1. The number of hydrogen-bond acceptors (Lipinski definition) is 7. The number of carbonyl (C=O) groups excluding carboxylic acids is 3. The number of amides is 4. The third kappa shape index (κ3) is 3.63. The molecule has 1 aromatic carbocycles. The number of hydrogen-bond donors (Lipinski definition) is 2. The molecule has 1 fully saturated rings. The van der Waals surface area contributed by atoms with Gasteiger partial charge < -0.3 is 19.4 Å². The van der Waals surface area contributed by atoms with E-state index in [-0.39, 0.29) is 18.9 Å². The maximum Gasteiger partial charge on any atom is 0.322 e. The summed E-state index contributed by atoms with van der Waals surface area (Å²) in [4.78, 5) is 48.4. The number of imide groups is 1. The molecule has 1 atom stereocenters. The molecule has 4 amide bonds. The number of methoxy groups -OCH3 is 1. The molecule has 0 radical (unpaired) electrons. The minimum atomic E-state index is -1.27. The highest BCUT2D eigenvalue weighted by molar-refractivity contribution is 6.00. The van der Waals surface area contributed by atoms with Crippen LogP contribution in [-0.4, -0.2) is 46.4 Å². The van der Waals surface area contributed by atoms with Gasteiger partial charge in [-0.25, -0.2) is 9.78 Å². The van der Waals surface area contributed by atoms with Crippen LogP contribution < -0.4 is 15.4 Å². The van der Waals surface area contributed by atoms with E-state index >= 15 is 0 Å². The van der Waals surface area contributed by atoms with Crippen LogP contribution in [0.15, 0.2) is 65.5 Å². The average Bonchev–Trinajstić information content (AvgIpc) is 3.44. The number of fused-ring (bicyclic) bond motifs is 2. The van der Waals surface area contributed by atoms with E-state index in [1.54, 1.807) is 48.8 Å². The van der Waals surface area contributed by atoms with E-state index in [2.05, 4.69) is 20.6 Å². The lowest BCUT2D eigenvalue weighted by molar-refractivity contribution is -0.123. The summed E-state index contributed by atoms with van der Waals surface area (Å²) < 4.78 is 11.3. The molecule has 3 aromatic heterocycles. The summed E-state index contributed by atoms with van der Waals surface area (Å²) >= 11 is 0. The molecule has 0 aliphatic carbocycles. The number of pyridine rings is 2. The third-order valence-electron chi connectivity index (χ3n) is 6.56. The molecule has 2 aliphatic heterocycles. The normalized spacial score (nSPS) is 19.2. The molecule has 4 aromatic rings. The molecule has 1 saturated heterocycles. The lowest BCUT2D eigenvalue weighted by Gasteiger charge is -2.38. The largest absolute Gasteiger partial charge is 0.497 e. The zero-order chi connectivity index (χ0) is 24.9. The molecular formula is C26H21N5O5. The minimum Gasteiger partial charge on any atom is -0.497 e. The van der Waals surface area contributed by atoms with E-state index in [9.17, 15) is 14.4 Å². The smallest absolute Gasteiger partial charge is 0.322 e. The molecule has 10 heteroatoms. The predicted octanol–water partition coefficient (Wildman–Crippen LogP) is 2.98. The Morgan fingerprint density at radius 1 is 1.11 bits per heavy atom.